The topological polar surface area (TPSA) is 70.7 Å². The third-order valence-electron chi connectivity index (χ3n) is 4.20. The van der Waals surface area contributed by atoms with E-state index in [-0.39, 0.29) is 18.0 Å². The largest absolute Gasteiger partial charge is 0.381 e. The van der Waals surface area contributed by atoms with E-state index < -0.39 is 0 Å². The average Bonchev–Trinajstić information content (AvgIpc) is 2.44. The van der Waals surface area contributed by atoms with Gasteiger partial charge in [-0.15, -0.1) is 0 Å². The molecule has 2 heterocycles. The van der Waals surface area contributed by atoms with E-state index >= 15 is 0 Å². The summed E-state index contributed by atoms with van der Waals surface area (Å²) < 4.78 is 5.37. The Morgan fingerprint density at radius 1 is 1.38 bits per heavy atom. The zero-order valence-electron chi connectivity index (χ0n) is 13.1. The van der Waals surface area contributed by atoms with Gasteiger partial charge in [-0.25, -0.2) is 4.79 Å². The summed E-state index contributed by atoms with van der Waals surface area (Å²) in [5.41, 5.74) is 1.31. The number of carbonyl (C=O) groups is 2. The van der Waals surface area contributed by atoms with E-state index in [0.717, 1.165) is 32.6 Å². The molecule has 2 rings (SSSR count). The van der Waals surface area contributed by atoms with Crippen molar-refractivity contribution in [1.82, 2.24) is 15.5 Å². The molecule has 0 aromatic heterocycles. The minimum absolute atomic E-state index is 0.0153. The SMILES string of the molecule is CCN(CC1CCOCC1)C(=O)C1=C(C)NC(=O)N[C@@H]1C. The maximum atomic E-state index is 12.8. The first-order chi connectivity index (χ1) is 10.0. The zero-order valence-corrected chi connectivity index (χ0v) is 13.1. The molecule has 1 fully saturated rings. The van der Waals surface area contributed by atoms with Crippen molar-refractivity contribution >= 4 is 11.9 Å². The molecule has 0 unspecified atom stereocenters. The van der Waals surface area contributed by atoms with E-state index in [1.807, 2.05) is 18.7 Å². The summed E-state index contributed by atoms with van der Waals surface area (Å²) in [6.07, 6.45) is 2.01. The number of ether oxygens (including phenoxy) is 1. The summed E-state index contributed by atoms with van der Waals surface area (Å²) in [6.45, 7) is 8.62. The van der Waals surface area contributed by atoms with Crippen molar-refractivity contribution in [2.24, 2.45) is 5.92 Å². The Morgan fingerprint density at radius 3 is 2.62 bits per heavy atom. The number of hydrogen-bond donors (Lipinski definition) is 2. The van der Waals surface area contributed by atoms with E-state index in [1.54, 1.807) is 6.92 Å². The number of likely N-dealkylation sites (N-methyl/N-ethyl adjacent to an activating group) is 1. The first-order valence-corrected chi connectivity index (χ1v) is 7.68. The summed E-state index contributed by atoms with van der Waals surface area (Å²) in [7, 11) is 0. The highest BCUT2D eigenvalue weighted by Crippen LogP contribution is 2.20. The van der Waals surface area contributed by atoms with E-state index in [9.17, 15) is 9.59 Å². The minimum atomic E-state index is -0.255. The predicted octanol–water partition coefficient (Wildman–Crippen LogP) is 1.24. The molecule has 6 heteroatoms. The Kier molecular flexibility index (Phi) is 5.22. The molecule has 3 amide bonds. The molecule has 0 radical (unpaired) electrons. The number of carbonyl (C=O) groups excluding carboxylic acids is 2. The van der Waals surface area contributed by atoms with Crippen LogP contribution in [0.1, 0.15) is 33.6 Å². The van der Waals surface area contributed by atoms with Crippen LogP contribution in [0.5, 0.6) is 0 Å². The Labute approximate surface area is 125 Å². The molecule has 0 spiro atoms. The fraction of sp³-hybridized carbons (Fsp3) is 0.733. The zero-order chi connectivity index (χ0) is 15.4. The standard InChI is InChI=1S/C15H25N3O3/c1-4-18(9-12-5-7-21-8-6-12)14(19)13-10(2)16-15(20)17-11(13)3/h10,12H,4-9H2,1-3H3,(H2,16,17,20)/t10-/m1/s1. The Bertz CT molecular complexity index is 441. The molecule has 2 aliphatic heterocycles. The third kappa shape index (κ3) is 3.75. The van der Waals surface area contributed by atoms with Gasteiger partial charge in [0.1, 0.15) is 0 Å². The van der Waals surface area contributed by atoms with E-state index in [1.165, 1.54) is 0 Å². The average molecular weight is 295 g/mol. The highest BCUT2D eigenvalue weighted by Gasteiger charge is 2.30. The number of amides is 3. The summed E-state index contributed by atoms with van der Waals surface area (Å²) >= 11 is 0. The number of urea groups is 1. The predicted molar refractivity (Wildman–Crippen MR) is 79.6 cm³/mol. The molecule has 0 aromatic rings. The van der Waals surface area contributed by atoms with Crippen LogP contribution in [0.15, 0.2) is 11.3 Å². The number of rotatable bonds is 4. The number of hydrogen-bond acceptors (Lipinski definition) is 3. The van der Waals surface area contributed by atoms with Crippen LogP contribution in [0.25, 0.3) is 0 Å². The van der Waals surface area contributed by atoms with Crippen molar-refractivity contribution in [3.63, 3.8) is 0 Å². The molecule has 2 N–H and O–H groups in total. The minimum Gasteiger partial charge on any atom is -0.381 e. The van der Waals surface area contributed by atoms with Crippen LogP contribution in [0, 0.1) is 5.92 Å². The lowest BCUT2D eigenvalue weighted by atomic mass is 9.98. The normalized spacial score (nSPS) is 23.6. The maximum Gasteiger partial charge on any atom is 0.319 e. The summed E-state index contributed by atoms with van der Waals surface area (Å²) in [6, 6.07) is -0.501. The van der Waals surface area contributed by atoms with Crippen LogP contribution in [-0.2, 0) is 9.53 Å². The lowest BCUT2D eigenvalue weighted by Gasteiger charge is -2.33. The molecule has 118 valence electrons. The molecule has 0 saturated carbocycles. The van der Waals surface area contributed by atoms with Crippen LogP contribution >= 0.6 is 0 Å². The lowest BCUT2D eigenvalue weighted by molar-refractivity contribution is -0.128. The van der Waals surface area contributed by atoms with Crippen molar-refractivity contribution in [3.05, 3.63) is 11.3 Å². The van der Waals surface area contributed by atoms with Gasteiger partial charge in [-0.1, -0.05) is 0 Å². The summed E-state index contributed by atoms with van der Waals surface area (Å²) in [4.78, 5) is 26.1. The Hall–Kier alpha value is -1.56. The van der Waals surface area contributed by atoms with E-state index in [2.05, 4.69) is 10.6 Å². The van der Waals surface area contributed by atoms with Gasteiger partial charge in [-0.3, -0.25) is 4.79 Å². The van der Waals surface area contributed by atoms with Crippen LogP contribution < -0.4 is 10.6 Å². The summed E-state index contributed by atoms with van der Waals surface area (Å²) in [5.74, 6) is 0.520. The monoisotopic (exact) mass is 295 g/mol. The first kappa shape index (κ1) is 15.8. The number of nitrogens with one attached hydrogen (secondary N) is 2. The smallest absolute Gasteiger partial charge is 0.319 e. The van der Waals surface area contributed by atoms with Crippen molar-refractivity contribution < 1.29 is 14.3 Å². The van der Waals surface area contributed by atoms with E-state index in [4.69, 9.17) is 4.74 Å². The second-order valence-corrected chi connectivity index (χ2v) is 5.76. The van der Waals surface area contributed by atoms with Gasteiger partial charge in [0, 0.05) is 32.0 Å². The molecule has 1 atom stereocenters. The molecule has 21 heavy (non-hydrogen) atoms. The van der Waals surface area contributed by atoms with E-state index in [0.29, 0.717) is 23.7 Å². The van der Waals surface area contributed by atoms with Gasteiger partial charge >= 0.3 is 6.03 Å². The van der Waals surface area contributed by atoms with Crippen LogP contribution in [0.3, 0.4) is 0 Å². The van der Waals surface area contributed by atoms with Crippen LogP contribution in [0.4, 0.5) is 4.79 Å². The summed E-state index contributed by atoms with van der Waals surface area (Å²) in [5, 5.41) is 5.43. The van der Waals surface area contributed by atoms with Gasteiger partial charge < -0.3 is 20.3 Å². The van der Waals surface area contributed by atoms with Gasteiger partial charge in [-0.2, -0.15) is 0 Å². The molecule has 0 aliphatic carbocycles. The highest BCUT2D eigenvalue weighted by molar-refractivity contribution is 5.98. The maximum absolute atomic E-state index is 12.8. The first-order valence-electron chi connectivity index (χ1n) is 7.68. The molecule has 6 nitrogen and oxygen atoms in total. The van der Waals surface area contributed by atoms with Crippen LogP contribution in [-0.4, -0.2) is 49.2 Å². The fourth-order valence-electron chi connectivity index (χ4n) is 2.98. The molecule has 0 aromatic carbocycles. The fourth-order valence-corrected chi connectivity index (χ4v) is 2.98. The molecule has 2 aliphatic rings. The van der Waals surface area contributed by atoms with Gasteiger partial charge in [0.05, 0.1) is 11.6 Å². The van der Waals surface area contributed by atoms with Crippen molar-refractivity contribution in [1.29, 1.82) is 0 Å². The lowest BCUT2D eigenvalue weighted by Crippen LogP contribution is -2.51. The van der Waals surface area contributed by atoms with Crippen molar-refractivity contribution in [2.45, 2.75) is 39.7 Å². The Morgan fingerprint density at radius 2 is 2.05 bits per heavy atom. The van der Waals surface area contributed by atoms with Gasteiger partial charge in [0.2, 0.25) is 0 Å². The van der Waals surface area contributed by atoms with Crippen LogP contribution in [0.2, 0.25) is 0 Å². The second kappa shape index (κ2) is 6.93. The molecular weight excluding hydrogens is 270 g/mol. The Balaban J connectivity index is 2.08. The highest BCUT2D eigenvalue weighted by atomic mass is 16.5. The third-order valence-corrected chi connectivity index (χ3v) is 4.20. The van der Waals surface area contributed by atoms with Gasteiger partial charge in [0.15, 0.2) is 0 Å². The van der Waals surface area contributed by atoms with Gasteiger partial charge in [0.25, 0.3) is 5.91 Å². The molecule has 1 saturated heterocycles. The molecular formula is C15H25N3O3. The number of nitrogens with zero attached hydrogens (tertiary/aromatic N) is 1. The quantitative estimate of drug-likeness (QED) is 0.819. The molecule has 0 bridgehead atoms. The van der Waals surface area contributed by atoms with Gasteiger partial charge in [-0.05, 0) is 39.5 Å². The second-order valence-electron chi connectivity index (χ2n) is 5.76. The van der Waals surface area contributed by atoms with Crippen molar-refractivity contribution in [2.75, 3.05) is 26.3 Å². The van der Waals surface area contributed by atoms with Crippen molar-refractivity contribution in [3.8, 4) is 0 Å². The number of allylic oxidation sites excluding steroid dienone is 1.